The molecule has 5 atom stereocenters. The molecule has 2 unspecified atom stereocenters. The number of anilines is 1. The molecule has 2 aromatic rings. The van der Waals surface area contributed by atoms with Crippen molar-refractivity contribution in [3.8, 4) is 11.3 Å². The summed E-state index contributed by atoms with van der Waals surface area (Å²) in [7, 11) is 0. The Morgan fingerprint density at radius 3 is 2.58 bits per heavy atom. The summed E-state index contributed by atoms with van der Waals surface area (Å²) in [6.45, 7) is 2.75. The largest absolute Gasteiger partial charge is 0.419 e. The van der Waals surface area contributed by atoms with E-state index in [4.69, 9.17) is 10.5 Å². The van der Waals surface area contributed by atoms with E-state index in [-0.39, 0.29) is 16.7 Å². The lowest BCUT2D eigenvalue weighted by molar-refractivity contribution is -0.137. The molecule has 0 amide bonds. The first-order valence-electron chi connectivity index (χ1n) is 11.2. The van der Waals surface area contributed by atoms with Crippen LogP contribution >= 0.6 is 0 Å². The van der Waals surface area contributed by atoms with E-state index in [0.717, 1.165) is 50.9 Å². The number of hydrogen-bond acceptors (Lipinski definition) is 5. The molecule has 0 spiro atoms. The molecule has 11 heteroatoms. The third-order valence-corrected chi connectivity index (χ3v) is 8.21. The summed E-state index contributed by atoms with van der Waals surface area (Å²) < 4.78 is 73.3. The average molecular weight is 469 g/mol. The molecule has 4 aliphatic rings. The zero-order chi connectivity index (χ0) is 23.1. The van der Waals surface area contributed by atoms with Crippen LogP contribution in [-0.2, 0) is 22.9 Å². The molecule has 3 heterocycles. The summed E-state index contributed by atoms with van der Waals surface area (Å²) in [5, 5.41) is 4.30. The van der Waals surface area contributed by atoms with Crippen LogP contribution < -0.4 is 5.73 Å². The second-order valence-corrected chi connectivity index (χ2v) is 9.63. The van der Waals surface area contributed by atoms with Gasteiger partial charge < -0.3 is 10.5 Å². The number of ether oxygens (including phenoxy) is 1. The standard InChI is InChI=1S/C22H24F5N5O/c23-18(24)10-32-17(7-15(30-32)11-5-14(22(25,26)27)20(28)29-9-11)21-8-12-16(6-13(21)19(12)21)31-1-3-33-4-2-31/h5,7,9,12-13,16,18-19H,1-4,6,8,10H2,(H2,28,29)/t12?,13-,16+,19+,21?/m0/s1. The molecular formula is C22H24F5N5O. The Labute approximate surface area is 186 Å². The van der Waals surface area contributed by atoms with Crippen molar-refractivity contribution >= 4 is 5.82 Å². The Balaban J connectivity index is 1.31. The first kappa shape index (κ1) is 21.3. The molecule has 178 valence electrons. The number of nitrogens with two attached hydrogens (primary N) is 1. The van der Waals surface area contributed by atoms with Crippen LogP contribution in [0.1, 0.15) is 24.1 Å². The molecule has 6 rings (SSSR count). The molecule has 0 aromatic carbocycles. The molecule has 0 bridgehead atoms. The summed E-state index contributed by atoms with van der Waals surface area (Å²) in [5.41, 5.74) is 5.23. The second kappa shape index (κ2) is 7.11. The highest BCUT2D eigenvalue weighted by atomic mass is 19.4. The smallest absolute Gasteiger partial charge is 0.383 e. The molecule has 3 saturated carbocycles. The number of nitrogens with zero attached hydrogens (tertiary/aromatic N) is 4. The van der Waals surface area contributed by atoms with Crippen molar-refractivity contribution in [2.75, 3.05) is 32.0 Å². The third kappa shape index (κ3) is 3.11. The molecule has 3 aliphatic carbocycles. The van der Waals surface area contributed by atoms with Gasteiger partial charge in [-0.15, -0.1) is 0 Å². The van der Waals surface area contributed by atoms with Crippen LogP contribution in [0.3, 0.4) is 0 Å². The van der Waals surface area contributed by atoms with Gasteiger partial charge in [0.25, 0.3) is 6.43 Å². The lowest BCUT2D eigenvalue weighted by Gasteiger charge is -2.46. The molecule has 6 nitrogen and oxygen atoms in total. The fourth-order valence-corrected chi connectivity index (χ4v) is 6.88. The molecule has 4 fully saturated rings. The van der Waals surface area contributed by atoms with Crippen molar-refractivity contribution in [3.05, 3.63) is 29.6 Å². The average Bonchev–Trinajstić information content (AvgIpc) is 3.04. The Kier molecular flexibility index (Phi) is 4.59. The van der Waals surface area contributed by atoms with E-state index in [1.165, 1.54) is 10.9 Å². The topological polar surface area (TPSA) is 69.2 Å². The molecule has 0 radical (unpaired) electrons. The van der Waals surface area contributed by atoms with Gasteiger partial charge in [0.2, 0.25) is 0 Å². The molecule has 33 heavy (non-hydrogen) atoms. The van der Waals surface area contributed by atoms with Gasteiger partial charge in [-0.2, -0.15) is 18.3 Å². The number of rotatable bonds is 5. The minimum atomic E-state index is -4.66. The fourth-order valence-electron chi connectivity index (χ4n) is 6.88. The number of hydrogen-bond donors (Lipinski definition) is 1. The second-order valence-electron chi connectivity index (χ2n) is 9.63. The summed E-state index contributed by atoms with van der Waals surface area (Å²) in [6, 6.07) is 3.09. The number of aromatic nitrogens is 3. The fraction of sp³-hybridized carbons (Fsp3) is 0.636. The highest BCUT2D eigenvalue weighted by molar-refractivity contribution is 5.64. The number of pyridine rings is 1. The third-order valence-electron chi connectivity index (χ3n) is 8.21. The SMILES string of the molecule is Nc1ncc(-c2cc(C34CC5[C@H](N6CCOCC6)C[C@H]3[C@@H]54)n(CC(F)F)n2)cc1C(F)(F)F. The molecule has 2 N–H and O–H groups in total. The van der Waals surface area contributed by atoms with Gasteiger partial charge >= 0.3 is 6.18 Å². The zero-order valence-corrected chi connectivity index (χ0v) is 17.7. The molecule has 2 aromatic heterocycles. The highest BCUT2D eigenvalue weighted by Crippen LogP contribution is 2.82. The van der Waals surface area contributed by atoms with Crippen LogP contribution in [0.5, 0.6) is 0 Å². The predicted molar refractivity (Wildman–Crippen MR) is 108 cm³/mol. The van der Waals surface area contributed by atoms with E-state index < -0.39 is 30.5 Å². The van der Waals surface area contributed by atoms with Crippen molar-refractivity contribution in [2.24, 2.45) is 17.8 Å². The van der Waals surface area contributed by atoms with Crippen LogP contribution in [0.15, 0.2) is 18.3 Å². The van der Waals surface area contributed by atoms with Gasteiger partial charge in [0, 0.05) is 42.0 Å². The Morgan fingerprint density at radius 1 is 1.21 bits per heavy atom. The molecule has 1 saturated heterocycles. The normalized spacial score (nSPS) is 33.3. The Hall–Kier alpha value is -2.27. The van der Waals surface area contributed by atoms with Gasteiger partial charge in [-0.1, -0.05) is 0 Å². The maximum Gasteiger partial charge on any atom is 0.419 e. The van der Waals surface area contributed by atoms with E-state index in [9.17, 15) is 22.0 Å². The van der Waals surface area contributed by atoms with Crippen molar-refractivity contribution in [1.82, 2.24) is 19.7 Å². The van der Waals surface area contributed by atoms with Gasteiger partial charge in [-0.3, -0.25) is 9.58 Å². The summed E-state index contributed by atoms with van der Waals surface area (Å²) in [6.07, 6.45) is -4.13. The van der Waals surface area contributed by atoms with Gasteiger partial charge in [-0.05, 0) is 42.7 Å². The monoisotopic (exact) mass is 469 g/mol. The van der Waals surface area contributed by atoms with E-state index in [0.29, 0.717) is 23.8 Å². The van der Waals surface area contributed by atoms with Crippen LogP contribution in [0.2, 0.25) is 0 Å². The van der Waals surface area contributed by atoms with Gasteiger partial charge in [0.05, 0.1) is 24.5 Å². The van der Waals surface area contributed by atoms with E-state index >= 15 is 0 Å². The van der Waals surface area contributed by atoms with Gasteiger partial charge in [-0.25, -0.2) is 13.8 Å². The van der Waals surface area contributed by atoms with E-state index in [2.05, 4.69) is 15.0 Å². The lowest BCUT2D eigenvalue weighted by atomic mass is 9.66. The number of fused-ring (bicyclic) bond motifs is 1. The summed E-state index contributed by atoms with van der Waals surface area (Å²) >= 11 is 0. The van der Waals surface area contributed by atoms with Gasteiger partial charge in [0.15, 0.2) is 0 Å². The van der Waals surface area contributed by atoms with E-state index in [1.54, 1.807) is 6.07 Å². The predicted octanol–water partition coefficient (Wildman–Crippen LogP) is 3.42. The maximum atomic E-state index is 13.3. The van der Waals surface area contributed by atoms with Crippen molar-refractivity contribution < 1.29 is 26.7 Å². The Bertz CT molecular complexity index is 1080. The van der Waals surface area contributed by atoms with Crippen molar-refractivity contribution in [1.29, 1.82) is 0 Å². The van der Waals surface area contributed by atoms with Gasteiger partial charge in [0.1, 0.15) is 12.4 Å². The Morgan fingerprint density at radius 2 is 1.97 bits per heavy atom. The minimum absolute atomic E-state index is 0.120. The van der Waals surface area contributed by atoms with Crippen LogP contribution in [0.25, 0.3) is 11.3 Å². The number of alkyl halides is 5. The molecular weight excluding hydrogens is 445 g/mol. The van der Waals surface area contributed by atoms with Crippen molar-refractivity contribution in [2.45, 2.75) is 43.4 Å². The van der Waals surface area contributed by atoms with Crippen LogP contribution in [0, 0.1) is 17.8 Å². The molecule has 1 aliphatic heterocycles. The van der Waals surface area contributed by atoms with Crippen LogP contribution in [0.4, 0.5) is 27.8 Å². The van der Waals surface area contributed by atoms with Crippen molar-refractivity contribution in [3.63, 3.8) is 0 Å². The number of halogens is 5. The zero-order valence-electron chi connectivity index (χ0n) is 17.7. The van der Waals surface area contributed by atoms with Crippen LogP contribution in [-0.4, -0.2) is 58.4 Å². The first-order valence-corrected chi connectivity index (χ1v) is 11.2. The minimum Gasteiger partial charge on any atom is -0.383 e. The number of nitrogen functional groups attached to an aromatic ring is 1. The quantitative estimate of drug-likeness (QED) is 0.680. The summed E-state index contributed by atoms with van der Waals surface area (Å²) in [4.78, 5) is 6.16. The maximum absolute atomic E-state index is 13.3. The van der Waals surface area contributed by atoms with E-state index in [1.807, 2.05) is 0 Å². The number of morpholine rings is 1. The first-order chi connectivity index (χ1) is 15.7. The summed E-state index contributed by atoms with van der Waals surface area (Å²) in [5.74, 6) is 0.749. The highest BCUT2D eigenvalue weighted by Gasteiger charge is 2.82. The lowest BCUT2D eigenvalue weighted by Crippen LogP contribution is -2.52.